The number of nitriles is 1. The normalized spacial score (nSPS) is 30.3. The van der Waals surface area contributed by atoms with Crippen LogP contribution in [0.5, 0.6) is 5.75 Å². The van der Waals surface area contributed by atoms with Crippen LogP contribution in [0.15, 0.2) is 41.8 Å². The molecule has 3 aliphatic rings. The van der Waals surface area contributed by atoms with Gasteiger partial charge in [0, 0.05) is 16.5 Å². The maximum Gasteiger partial charge on any atom is 0.235 e. The number of anilines is 2. The first kappa shape index (κ1) is 31.1. The minimum Gasteiger partial charge on any atom is -0.505 e. The van der Waals surface area contributed by atoms with Crippen molar-refractivity contribution in [2.24, 2.45) is 34.5 Å². The first-order valence-electron chi connectivity index (χ1n) is 14.1. The zero-order chi connectivity index (χ0) is 33.5. The van der Waals surface area contributed by atoms with Gasteiger partial charge in [-0.15, -0.1) is 11.3 Å². The zero-order valence-corrected chi connectivity index (χ0v) is 25.4. The number of aromatic hydroxyl groups is 1. The van der Waals surface area contributed by atoms with Crippen LogP contribution < -0.4 is 22.5 Å². The number of carbonyl (C=O) groups excluding carboxylic acids is 5. The maximum atomic E-state index is 14.4. The number of nitrogens with one attached hydrogen (secondary N) is 1. The van der Waals surface area contributed by atoms with Crippen molar-refractivity contribution in [3.8, 4) is 23.1 Å². The van der Waals surface area contributed by atoms with Crippen molar-refractivity contribution in [2.75, 3.05) is 19.4 Å². The first-order valence-corrected chi connectivity index (χ1v) is 14.9. The number of rotatable bonds is 5. The maximum absolute atomic E-state index is 14.4. The molecule has 2 saturated carbocycles. The summed E-state index contributed by atoms with van der Waals surface area (Å²) in [6.07, 6.45) is -0.667. The molecular weight excluding hydrogens is 617 g/mol. The van der Waals surface area contributed by atoms with Gasteiger partial charge in [-0.05, 0) is 62.8 Å². The molecule has 3 aromatic rings. The van der Waals surface area contributed by atoms with Gasteiger partial charge in [-0.3, -0.25) is 28.9 Å². The van der Waals surface area contributed by atoms with Crippen molar-refractivity contribution in [3.63, 3.8) is 0 Å². The number of amides is 1. The van der Waals surface area contributed by atoms with E-state index in [1.807, 2.05) is 0 Å². The van der Waals surface area contributed by atoms with Gasteiger partial charge in [-0.2, -0.15) is 5.26 Å². The molecule has 0 radical (unpaired) electrons. The van der Waals surface area contributed by atoms with E-state index >= 15 is 0 Å². The highest BCUT2D eigenvalue weighted by Crippen LogP contribution is 2.56. The van der Waals surface area contributed by atoms with Crippen LogP contribution in [0.3, 0.4) is 0 Å². The fourth-order valence-electron chi connectivity index (χ4n) is 7.49. The number of ketones is 4. The molecule has 0 spiro atoms. The van der Waals surface area contributed by atoms with E-state index < -0.39 is 81.4 Å². The Morgan fingerprint density at radius 3 is 2.41 bits per heavy atom. The topological polar surface area (TPSA) is 236 Å². The number of hydrogen-bond acceptors (Lipinski definition) is 13. The quantitative estimate of drug-likeness (QED) is 0.192. The van der Waals surface area contributed by atoms with Crippen LogP contribution in [0.1, 0.15) is 22.3 Å². The number of fused-ring (bicyclic) bond motifs is 3. The van der Waals surface area contributed by atoms with Crippen molar-refractivity contribution in [2.45, 2.75) is 30.0 Å². The highest BCUT2D eigenvalue weighted by atomic mass is 32.1. The summed E-state index contributed by atoms with van der Waals surface area (Å²) in [7, 11) is 2.87. The smallest absolute Gasteiger partial charge is 0.235 e. The van der Waals surface area contributed by atoms with Crippen LogP contribution in [0.4, 0.5) is 15.2 Å². The van der Waals surface area contributed by atoms with Crippen LogP contribution >= 0.6 is 11.3 Å². The second kappa shape index (κ2) is 10.3. The second-order valence-corrected chi connectivity index (χ2v) is 13.1. The van der Waals surface area contributed by atoms with Crippen molar-refractivity contribution in [1.82, 2.24) is 9.88 Å². The molecule has 6 atom stereocenters. The number of carbonyl (C=O) groups is 5. The number of primary amides is 1. The van der Waals surface area contributed by atoms with E-state index in [9.17, 15) is 38.7 Å². The Balaban J connectivity index is 1.42. The van der Waals surface area contributed by atoms with E-state index in [1.165, 1.54) is 54.6 Å². The van der Waals surface area contributed by atoms with Gasteiger partial charge >= 0.3 is 0 Å². The van der Waals surface area contributed by atoms with Crippen LogP contribution in [-0.4, -0.2) is 75.2 Å². The van der Waals surface area contributed by atoms with Crippen molar-refractivity contribution >= 4 is 51.2 Å². The van der Waals surface area contributed by atoms with Gasteiger partial charge in [0.05, 0.1) is 34.6 Å². The lowest BCUT2D eigenvalue weighted by atomic mass is 9.43. The Kier molecular flexibility index (Phi) is 6.98. The van der Waals surface area contributed by atoms with Gasteiger partial charge in [0.25, 0.3) is 0 Å². The molecule has 8 N–H and O–H groups in total. The molecule has 6 rings (SSSR count). The van der Waals surface area contributed by atoms with E-state index in [2.05, 4.69) is 10.3 Å². The molecule has 0 saturated heterocycles. The van der Waals surface area contributed by atoms with Gasteiger partial charge < -0.3 is 27.6 Å². The van der Waals surface area contributed by atoms with E-state index in [0.717, 1.165) is 0 Å². The summed E-state index contributed by atoms with van der Waals surface area (Å²) < 4.78 is 13.3. The number of aromatic nitrogens is 1. The molecule has 3 aliphatic carbocycles. The van der Waals surface area contributed by atoms with E-state index in [4.69, 9.17) is 17.2 Å². The van der Waals surface area contributed by atoms with Crippen LogP contribution in [-0.2, 0) is 25.6 Å². The van der Waals surface area contributed by atoms with Crippen molar-refractivity contribution in [1.29, 1.82) is 5.26 Å². The third-order valence-electron chi connectivity index (χ3n) is 9.35. The van der Waals surface area contributed by atoms with Crippen LogP contribution in [0, 0.1) is 34.4 Å². The molecule has 1 amide bonds. The number of halogens is 1. The molecule has 2 aromatic carbocycles. The molecule has 2 unspecified atom stereocenters. The Morgan fingerprint density at radius 2 is 1.80 bits per heavy atom. The highest BCUT2D eigenvalue weighted by Gasteiger charge is 2.78. The number of likely N-dealkylation sites (N-methyl/N-ethyl adjacent to an activating group) is 1. The lowest BCUT2D eigenvalue weighted by molar-refractivity contribution is -0.166. The molecule has 2 fully saturated rings. The Morgan fingerprint density at radius 1 is 1.13 bits per heavy atom. The minimum atomic E-state index is -2.82. The van der Waals surface area contributed by atoms with Crippen LogP contribution in [0.2, 0.25) is 0 Å². The van der Waals surface area contributed by atoms with Gasteiger partial charge in [0.1, 0.15) is 17.5 Å². The molecule has 1 aromatic heterocycles. The Bertz CT molecular complexity index is 1920. The average molecular weight is 646 g/mol. The highest BCUT2D eigenvalue weighted by molar-refractivity contribution is 7.14. The summed E-state index contributed by atoms with van der Waals surface area (Å²) in [6.45, 7) is 0. The lowest BCUT2D eigenvalue weighted by Gasteiger charge is -2.60. The Hall–Kier alpha value is -4.88. The summed E-state index contributed by atoms with van der Waals surface area (Å²) in [5.41, 5.74) is 13.5. The Labute approximate surface area is 265 Å². The number of nitrogens with two attached hydrogens (primary N) is 3. The number of phenols is 1. The van der Waals surface area contributed by atoms with E-state index in [1.54, 1.807) is 23.6 Å². The van der Waals surface area contributed by atoms with Crippen LogP contribution in [0.25, 0.3) is 11.3 Å². The average Bonchev–Trinajstić information content (AvgIpc) is 3.42. The summed E-state index contributed by atoms with van der Waals surface area (Å²) in [6, 6.07) is 8.96. The standard InChI is InChI=1S/C31H28FN7O6S/c1-39(2)24-23(42)19(27(34)45)25(43)30(12-33)26(44)20-22(41)18-14(9-29(20,35)11-31(24,30)36)5-8-16(21(18)40)37-28-38-17(10-46-28)13-3-6-15(32)7-4-13/h3-8,10,19-20,24,40H,9,11,35-36H2,1-2H3,(H2,34,45)(H,37,38)/t19?,20?,24-,29-,30+,31-/m1/s1. The molecule has 15 heteroatoms. The molecule has 46 heavy (non-hydrogen) atoms. The molecule has 1 heterocycles. The zero-order valence-electron chi connectivity index (χ0n) is 24.5. The predicted molar refractivity (Wildman–Crippen MR) is 162 cm³/mol. The van der Waals surface area contributed by atoms with Gasteiger partial charge in [0.2, 0.25) is 5.91 Å². The molecule has 13 nitrogen and oxygen atoms in total. The fourth-order valence-corrected chi connectivity index (χ4v) is 8.23. The largest absolute Gasteiger partial charge is 0.505 e. The minimum absolute atomic E-state index is 0.0730. The third-order valence-corrected chi connectivity index (χ3v) is 10.1. The first-order chi connectivity index (χ1) is 21.6. The molecule has 0 bridgehead atoms. The van der Waals surface area contributed by atoms with Crippen molar-refractivity contribution < 1.29 is 33.5 Å². The third kappa shape index (κ3) is 4.07. The number of nitrogens with zero attached hydrogens (tertiary/aromatic N) is 3. The van der Waals surface area contributed by atoms with E-state index in [-0.39, 0.29) is 23.2 Å². The SMILES string of the molecule is CN(C)[C@@H]1C(=O)C(C(N)=O)C(=O)[C@@]2(C#N)C(=O)C3C(=O)c4c(ccc(Nc5nc(-c6ccc(F)cc6)cs5)c4O)C[C@@]3(N)C[C@@]12N. The molecular formula is C31H28FN7O6S. The summed E-state index contributed by atoms with van der Waals surface area (Å²) in [5, 5.41) is 26.8. The number of phenolic OH excluding ortho intramolecular Hbond substituents is 1. The van der Waals surface area contributed by atoms with Gasteiger partial charge in [0.15, 0.2) is 39.6 Å². The summed E-state index contributed by atoms with van der Waals surface area (Å²) >= 11 is 1.19. The monoisotopic (exact) mass is 645 g/mol. The molecule has 236 valence electrons. The number of thiazole rings is 1. The summed E-state index contributed by atoms with van der Waals surface area (Å²) in [5.74, 6) is -10.8. The number of hydrogen-bond donors (Lipinski definition) is 5. The summed E-state index contributed by atoms with van der Waals surface area (Å²) in [4.78, 5) is 74.0. The molecule has 0 aliphatic heterocycles. The van der Waals surface area contributed by atoms with Gasteiger partial charge in [-0.1, -0.05) is 6.07 Å². The fraction of sp³-hybridized carbons (Fsp3) is 0.323. The van der Waals surface area contributed by atoms with E-state index in [0.29, 0.717) is 16.4 Å². The lowest BCUT2D eigenvalue weighted by Crippen LogP contribution is -2.85. The van der Waals surface area contributed by atoms with Gasteiger partial charge in [-0.25, -0.2) is 9.37 Å². The number of Topliss-reactive ketones (excluding diaryl/α,β-unsaturated/α-hetero) is 4. The van der Waals surface area contributed by atoms with Crippen molar-refractivity contribution in [3.05, 3.63) is 58.7 Å². The number of benzene rings is 2. The second-order valence-electron chi connectivity index (χ2n) is 12.3. The predicted octanol–water partition coefficient (Wildman–Crippen LogP) is 0.815.